The van der Waals surface area contributed by atoms with Crippen molar-refractivity contribution in [2.45, 2.75) is 38.6 Å². The third-order valence-electron chi connectivity index (χ3n) is 5.47. The summed E-state index contributed by atoms with van der Waals surface area (Å²) in [4.78, 5) is 26.8. The summed E-state index contributed by atoms with van der Waals surface area (Å²) in [5.41, 5.74) is 1.50. The summed E-state index contributed by atoms with van der Waals surface area (Å²) < 4.78 is 11.0. The Bertz CT molecular complexity index is 830. The van der Waals surface area contributed by atoms with Crippen molar-refractivity contribution in [3.63, 3.8) is 0 Å². The summed E-state index contributed by atoms with van der Waals surface area (Å²) in [7, 11) is 0. The minimum absolute atomic E-state index is 0.0281. The molecule has 6 heteroatoms. The Hall–Kier alpha value is -2.76. The van der Waals surface area contributed by atoms with Gasteiger partial charge in [0.2, 0.25) is 0 Å². The fourth-order valence-corrected chi connectivity index (χ4v) is 3.46. The number of nitrogens with one attached hydrogen (secondary N) is 1. The minimum Gasteiger partial charge on any atom is -0.493 e. The lowest BCUT2D eigenvalue weighted by atomic mass is 10.0. The first-order chi connectivity index (χ1) is 13.6. The van der Waals surface area contributed by atoms with Crippen LogP contribution in [0.1, 0.15) is 52.2 Å². The number of hydrogen-bond acceptors (Lipinski definition) is 4. The number of piperidine rings is 1. The van der Waals surface area contributed by atoms with Gasteiger partial charge in [0.15, 0.2) is 5.76 Å². The second kappa shape index (κ2) is 8.09. The largest absolute Gasteiger partial charge is 0.493 e. The van der Waals surface area contributed by atoms with Crippen molar-refractivity contribution in [1.29, 1.82) is 0 Å². The van der Waals surface area contributed by atoms with E-state index in [4.69, 9.17) is 9.15 Å². The molecule has 1 aromatic heterocycles. The number of carbonyl (C=O) groups is 2. The molecule has 6 nitrogen and oxygen atoms in total. The number of ether oxygens (including phenoxy) is 1. The number of likely N-dealkylation sites (tertiary alicyclic amines) is 1. The molecule has 0 atom stereocenters. The topological polar surface area (TPSA) is 71.8 Å². The van der Waals surface area contributed by atoms with Crippen molar-refractivity contribution in [3.05, 3.63) is 53.5 Å². The zero-order chi connectivity index (χ0) is 19.5. The molecule has 0 spiro atoms. The number of benzene rings is 1. The van der Waals surface area contributed by atoms with Gasteiger partial charge in [0.25, 0.3) is 11.8 Å². The smallest absolute Gasteiger partial charge is 0.287 e. The normalized spacial score (nSPS) is 17.4. The maximum absolute atomic E-state index is 12.7. The van der Waals surface area contributed by atoms with E-state index in [1.54, 1.807) is 6.07 Å². The highest BCUT2D eigenvalue weighted by Crippen LogP contribution is 2.29. The maximum Gasteiger partial charge on any atom is 0.287 e. The number of aryl methyl sites for hydroxylation is 1. The van der Waals surface area contributed by atoms with E-state index in [1.807, 2.05) is 36.1 Å². The summed E-state index contributed by atoms with van der Waals surface area (Å²) in [5.74, 6) is 1.73. The van der Waals surface area contributed by atoms with Crippen LogP contribution in [0.25, 0.3) is 0 Å². The number of amides is 2. The average molecular weight is 382 g/mol. The second-order valence-electron chi connectivity index (χ2n) is 7.75. The molecule has 28 heavy (non-hydrogen) atoms. The Morgan fingerprint density at radius 2 is 1.82 bits per heavy atom. The van der Waals surface area contributed by atoms with Crippen LogP contribution in [0.15, 0.2) is 41.0 Å². The van der Waals surface area contributed by atoms with E-state index in [1.165, 1.54) is 19.1 Å². The van der Waals surface area contributed by atoms with Gasteiger partial charge in [-0.05, 0) is 68.9 Å². The minimum atomic E-state index is -0.186. The molecule has 0 radical (unpaired) electrons. The van der Waals surface area contributed by atoms with E-state index in [0.29, 0.717) is 30.3 Å². The Morgan fingerprint density at radius 1 is 1.11 bits per heavy atom. The van der Waals surface area contributed by atoms with Gasteiger partial charge in [-0.25, -0.2) is 0 Å². The number of rotatable bonds is 6. The molecular weight excluding hydrogens is 356 g/mol. The van der Waals surface area contributed by atoms with Gasteiger partial charge in [-0.15, -0.1) is 0 Å². The summed E-state index contributed by atoms with van der Waals surface area (Å²) in [5, 5.41) is 3.01. The number of hydrogen-bond donors (Lipinski definition) is 1. The predicted molar refractivity (Wildman–Crippen MR) is 104 cm³/mol. The Morgan fingerprint density at radius 3 is 2.43 bits per heavy atom. The molecule has 148 valence electrons. The highest BCUT2D eigenvalue weighted by Gasteiger charge is 2.26. The molecular formula is C22H26N2O4. The predicted octanol–water partition coefficient (Wildman–Crippen LogP) is 3.41. The summed E-state index contributed by atoms with van der Waals surface area (Å²) in [6.07, 6.45) is 5.51. The van der Waals surface area contributed by atoms with Gasteiger partial charge in [0, 0.05) is 30.3 Å². The van der Waals surface area contributed by atoms with Crippen LogP contribution in [-0.4, -0.2) is 42.5 Å². The fraction of sp³-hybridized carbons (Fsp3) is 0.455. The molecule has 1 saturated heterocycles. The van der Waals surface area contributed by atoms with E-state index < -0.39 is 0 Å². The first-order valence-electron chi connectivity index (χ1n) is 9.97. The molecule has 2 aliphatic rings. The second-order valence-corrected chi connectivity index (χ2v) is 7.75. The van der Waals surface area contributed by atoms with Crippen LogP contribution in [0.5, 0.6) is 5.75 Å². The third kappa shape index (κ3) is 4.38. The number of furan rings is 1. The first kappa shape index (κ1) is 18.6. The molecule has 2 fully saturated rings. The van der Waals surface area contributed by atoms with Crippen molar-refractivity contribution in [2.75, 3.05) is 19.7 Å². The molecule has 0 bridgehead atoms. The van der Waals surface area contributed by atoms with Gasteiger partial charge < -0.3 is 19.4 Å². The highest BCUT2D eigenvalue weighted by molar-refractivity contribution is 5.94. The molecule has 1 aliphatic heterocycles. The zero-order valence-electron chi connectivity index (χ0n) is 16.1. The van der Waals surface area contributed by atoms with E-state index in [-0.39, 0.29) is 17.9 Å². The molecule has 1 aliphatic carbocycles. The summed E-state index contributed by atoms with van der Waals surface area (Å²) >= 11 is 0. The van der Waals surface area contributed by atoms with Gasteiger partial charge in [-0.2, -0.15) is 0 Å². The Kier molecular flexibility index (Phi) is 5.37. The molecule has 2 amide bonds. The van der Waals surface area contributed by atoms with Crippen molar-refractivity contribution in [2.24, 2.45) is 5.92 Å². The van der Waals surface area contributed by atoms with E-state index in [2.05, 4.69) is 5.32 Å². The first-order valence-corrected chi connectivity index (χ1v) is 9.97. The standard InChI is InChI=1S/C22H26N2O4/c1-15-10-13-27-20(15)21(25)23-18-8-11-24(12-9-18)22(26)17-4-6-19(7-5-17)28-14-16-2-3-16/h4-7,10,13,16,18H,2-3,8-9,11-12,14H2,1H3,(H,23,25). The Balaban J connectivity index is 1.26. The zero-order valence-corrected chi connectivity index (χ0v) is 16.1. The van der Waals surface area contributed by atoms with Crippen molar-refractivity contribution in [1.82, 2.24) is 10.2 Å². The molecule has 2 aromatic rings. The van der Waals surface area contributed by atoms with Crippen molar-refractivity contribution >= 4 is 11.8 Å². The van der Waals surface area contributed by atoms with Crippen LogP contribution in [-0.2, 0) is 0 Å². The molecule has 1 saturated carbocycles. The third-order valence-corrected chi connectivity index (χ3v) is 5.47. The molecule has 1 N–H and O–H groups in total. The average Bonchev–Trinajstić information content (AvgIpc) is 3.45. The summed E-state index contributed by atoms with van der Waals surface area (Å²) in [6, 6.07) is 9.23. The SMILES string of the molecule is Cc1ccoc1C(=O)NC1CCN(C(=O)c2ccc(OCC3CC3)cc2)CC1. The molecule has 2 heterocycles. The number of nitrogens with zero attached hydrogens (tertiary/aromatic N) is 1. The van der Waals surface area contributed by atoms with Crippen molar-refractivity contribution in [3.8, 4) is 5.75 Å². The van der Waals surface area contributed by atoms with Gasteiger partial charge >= 0.3 is 0 Å². The van der Waals surface area contributed by atoms with Gasteiger partial charge in [0.1, 0.15) is 5.75 Å². The number of carbonyl (C=O) groups excluding carboxylic acids is 2. The maximum atomic E-state index is 12.7. The Labute approximate surface area is 164 Å². The summed E-state index contributed by atoms with van der Waals surface area (Å²) in [6.45, 7) is 3.87. The fourth-order valence-electron chi connectivity index (χ4n) is 3.46. The van der Waals surface area contributed by atoms with E-state index in [9.17, 15) is 9.59 Å². The van der Waals surface area contributed by atoms with Crippen LogP contribution in [0, 0.1) is 12.8 Å². The molecule has 1 aromatic carbocycles. The van der Waals surface area contributed by atoms with Crippen LogP contribution in [0.4, 0.5) is 0 Å². The highest BCUT2D eigenvalue weighted by atomic mass is 16.5. The van der Waals surface area contributed by atoms with E-state index >= 15 is 0 Å². The van der Waals surface area contributed by atoms with Gasteiger partial charge in [-0.1, -0.05) is 0 Å². The van der Waals surface area contributed by atoms with E-state index in [0.717, 1.165) is 30.8 Å². The van der Waals surface area contributed by atoms with Crippen LogP contribution in [0.2, 0.25) is 0 Å². The quantitative estimate of drug-likeness (QED) is 0.831. The van der Waals surface area contributed by atoms with Gasteiger partial charge in [0.05, 0.1) is 12.9 Å². The monoisotopic (exact) mass is 382 g/mol. The lowest BCUT2D eigenvalue weighted by Crippen LogP contribution is -2.46. The molecule has 0 unspecified atom stereocenters. The lowest BCUT2D eigenvalue weighted by molar-refractivity contribution is 0.0695. The van der Waals surface area contributed by atoms with Crippen molar-refractivity contribution < 1.29 is 18.7 Å². The molecule has 4 rings (SSSR count). The van der Waals surface area contributed by atoms with Crippen LogP contribution in [0.3, 0.4) is 0 Å². The van der Waals surface area contributed by atoms with Gasteiger partial charge in [-0.3, -0.25) is 9.59 Å². The van der Waals surface area contributed by atoms with Crippen LogP contribution >= 0.6 is 0 Å². The lowest BCUT2D eigenvalue weighted by Gasteiger charge is -2.32. The van der Waals surface area contributed by atoms with Crippen LogP contribution < -0.4 is 10.1 Å².